The van der Waals surface area contributed by atoms with Gasteiger partial charge in [-0.05, 0) is 45.4 Å². The van der Waals surface area contributed by atoms with Gasteiger partial charge in [0.05, 0.1) is 11.9 Å². The van der Waals surface area contributed by atoms with Crippen molar-refractivity contribution in [2.75, 3.05) is 6.61 Å². The summed E-state index contributed by atoms with van der Waals surface area (Å²) < 4.78 is 40.7. The summed E-state index contributed by atoms with van der Waals surface area (Å²) in [6.45, 7) is 6.50. The third-order valence-corrected chi connectivity index (χ3v) is 2.77. The Bertz CT molecular complexity index is 751. The maximum absolute atomic E-state index is 12.0. The molecule has 0 saturated heterocycles. The van der Waals surface area contributed by atoms with Crippen molar-refractivity contribution in [3.8, 4) is 5.75 Å². The zero-order valence-corrected chi connectivity index (χ0v) is 16.3. The molecule has 0 fully saturated rings. The Morgan fingerprint density at radius 3 is 2.21 bits per heavy atom. The second-order valence-electron chi connectivity index (χ2n) is 7.14. The highest BCUT2D eigenvalue weighted by Gasteiger charge is 2.28. The highest BCUT2D eigenvalue weighted by Crippen LogP contribution is 2.18. The van der Waals surface area contributed by atoms with E-state index in [1.54, 1.807) is 19.1 Å². The van der Waals surface area contributed by atoms with Gasteiger partial charge in [0, 0.05) is 18.3 Å². The van der Waals surface area contributed by atoms with Crippen LogP contribution in [0.2, 0.25) is 0 Å². The quantitative estimate of drug-likeness (QED) is 0.806. The molecule has 2 rings (SSSR count). The lowest BCUT2D eigenvalue weighted by Crippen LogP contribution is -2.26. The van der Waals surface area contributed by atoms with Gasteiger partial charge in [0.2, 0.25) is 0 Å². The van der Waals surface area contributed by atoms with Gasteiger partial charge in [-0.3, -0.25) is 9.78 Å². The molecular formula is C19H25F3N4O2. The zero-order valence-electron chi connectivity index (χ0n) is 16.3. The molecule has 0 unspecified atom stereocenters. The van der Waals surface area contributed by atoms with E-state index < -0.39 is 12.8 Å². The van der Waals surface area contributed by atoms with E-state index in [1.165, 1.54) is 24.5 Å². The van der Waals surface area contributed by atoms with Crippen LogP contribution in [0.15, 0.2) is 36.7 Å². The number of aromatic nitrogens is 2. The fourth-order valence-corrected chi connectivity index (χ4v) is 1.71. The van der Waals surface area contributed by atoms with E-state index in [-0.39, 0.29) is 29.4 Å². The summed E-state index contributed by atoms with van der Waals surface area (Å²) in [5, 5.41) is 2.66. The maximum atomic E-state index is 12.0. The van der Waals surface area contributed by atoms with Gasteiger partial charge in [0.1, 0.15) is 11.4 Å². The summed E-state index contributed by atoms with van der Waals surface area (Å²) in [5.41, 5.74) is 6.91. The third-order valence-electron chi connectivity index (χ3n) is 2.77. The van der Waals surface area contributed by atoms with Crippen molar-refractivity contribution in [1.82, 2.24) is 15.3 Å². The molecule has 3 N–H and O–H groups in total. The van der Waals surface area contributed by atoms with E-state index in [0.29, 0.717) is 5.69 Å². The van der Waals surface area contributed by atoms with Gasteiger partial charge in [-0.15, -0.1) is 0 Å². The van der Waals surface area contributed by atoms with Gasteiger partial charge in [-0.25, -0.2) is 4.98 Å². The zero-order chi connectivity index (χ0) is 21.4. The number of amides is 1. The summed E-state index contributed by atoms with van der Waals surface area (Å²) in [4.78, 5) is 19.8. The molecular weight excluding hydrogens is 373 g/mol. The molecule has 0 bridgehead atoms. The number of rotatable bonds is 5. The van der Waals surface area contributed by atoms with E-state index in [2.05, 4.69) is 20.0 Å². The van der Waals surface area contributed by atoms with Gasteiger partial charge in [-0.2, -0.15) is 13.2 Å². The number of halogens is 3. The van der Waals surface area contributed by atoms with E-state index in [0.717, 1.165) is 5.56 Å². The number of aryl methyl sites for hydroxylation is 1. The van der Waals surface area contributed by atoms with Crippen LogP contribution in [0.1, 0.15) is 42.5 Å². The second-order valence-corrected chi connectivity index (χ2v) is 7.14. The average Bonchev–Trinajstić information content (AvgIpc) is 2.56. The Balaban J connectivity index is 0.000000696. The van der Waals surface area contributed by atoms with Crippen LogP contribution in [0.5, 0.6) is 5.75 Å². The number of ether oxygens (including phenoxy) is 1. The average molecular weight is 398 g/mol. The van der Waals surface area contributed by atoms with Crippen molar-refractivity contribution in [1.29, 1.82) is 0 Å². The number of hydrogen-bond acceptors (Lipinski definition) is 5. The number of nitrogens with zero attached hydrogens (tertiary/aromatic N) is 2. The molecule has 6 nitrogen and oxygen atoms in total. The molecule has 1 aromatic heterocycles. The first-order valence-electron chi connectivity index (χ1n) is 8.48. The van der Waals surface area contributed by atoms with Gasteiger partial charge >= 0.3 is 6.18 Å². The SMILES string of the molecule is CC(C)(C)N.Cc1cncc(C(=O)NCc2ccc(OCC(F)(F)F)cc2)n1. The molecule has 1 aromatic carbocycles. The standard InChI is InChI=1S/C15H14F3N3O2.C4H11N/c1-10-6-19-8-13(21-10)14(22)20-7-11-2-4-12(5-3-11)23-9-15(16,17)18;1-4(2,3)5/h2-6,8H,7,9H2,1H3,(H,20,22);5H2,1-3H3. The summed E-state index contributed by atoms with van der Waals surface area (Å²) in [5.74, 6) is -0.263. The van der Waals surface area contributed by atoms with Crippen LogP contribution < -0.4 is 15.8 Å². The molecule has 0 atom stereocenters. The molecule has 2 aromatic rings. The number of nitrogens with one attached hydrogen (secondary N) is 1. The van der Waals surface area contributed by atoms with Crippen molar-refractivity contribution < 1.29 is 22.7 Å². The Kier molecular flexibility index (Phi) is 8.36. The monoisotopic (exact) mass is 398 g/mol. The highest BCUT2D eigenvalue weighted by molar-refractivity contribution is 5.91. The van der Waals surface area contributed by atoms with Crippen LogP contribution >= 0.6 is 0 Å². The van der Waals surface area contributed by atoms with Crippen LogP contribution in [-0.4, -0.2) is 34.2 Å². The summed E-state index contributed by atoms with van der Waals surface area (Å²) in [7, 11) is 0. The molecule has 154 valence electrons. The molecule has 0 aliphatic rings. The van der Waals surface area contributed by atoms with Crippen LogP contribution in [0.25, 0.3) is 0 Å². The van der Waals surface area contributed by atoms with Crippen LogP contribution in [-0.2, 0) is 6.54 Å². The second kappa shape index (κ2) is 10.0. The first kappa shape index (κ1) is 23.4. The first-order valence-corrected chi connectivity index (χ1v) is 8.48. The predicted molar refractivity (Wildman–Crippen MR) is 99.9 cm³/mol. The fourth-order valence-electron chi connectivity index (χ4n) is 1.71. The van der Waals surface area contributed by atoms with Crippen molar-refractivity contribution in [3.63, 3.8) is 0 Å². The number of carbonyl (C=O) groups is 1. The van der Waals surface area contributed by atoms with E-state index in [4.69, 9.17) is 5.73 Å². The Hall–Kier alpha value is -2.68. The minimum Gasteiger partial charge on any atom is -0.484 e. The van der Waals surface area contributed by atoms with Crippen LogP contribution in [0, 0.1) is 6.92 Å². The van der Waals surface area contributed by atoms with Crippen molar-refractivity contribution >= 4 is 5.91 Å². The summed E-state index contributed by atoms with van der Waals surface area (Å²) in [6, 6.07) is 5.99. The van der Waals surface area contributed by atoms with Gasteiger partial charge in [0.15, 0.2) is 6.61 Å². The van der Waals surface area contributed by atoms with E-state index in [1.807, 2.05) is 20.8 Å². The molecule has 0 spiro atoms. The predicted octanol–water partition coefficient (Wildman–Crippen LogP) is 3.40. The topological polar surface area (TPSA) is 90.1 Å². The Morgan fingerprint density at radius 1 is 1.14 bits per heavy atom. The lowest BCUT2D eigenvalue weighted by molar-refractivity contribution is -0.153. The lowest BCUT2D eigenvalue weighted by Gasteiger charge is -2.10. The number of hydrogen-bond donors (Lipinski definition) is 2. The first-order chi connectivity index (χ1) is 12.8. The third kappa shape index (κ3) is 11.1. The molecule has 9 heteroatoms. The van der Waals surface area contributed by atoms with Crippen molar-refractivity contribution in [2.45, 2.75) is 46.0 Å². The molecule has 1 heterocycles. The number of alkyl halides is 3. The van der Waals surface area contributed by atoms with Gasteiger partial charge < -0.3 is 15.8 Å². The van der Waals surface area contributed by atoms with Crippen LogP contribution in [0.4, 0.5) is 13.2 Å². The summed E-state index contributed by atoms with van der Waals surface area (Å²) >= 11 is 0. The molecule has 0 radical (unpaired) electrons. The molecule has 28 heavy (non-hydrogen) atoms. The van der Waals surface area contributed by atoms with E-state index >= 15 is 0 Å². The van der Waals surface area contributed by atoms with Crippen LogP contribution in [0.3, 0.4) is 0 Å². The largest absolute Gasteiger partial charge is 0.484 e. The molecule has 0 saturated carbocycles. The molecule has 1 amide bonds. The fraction of sp³-hybridized carbons (Fsp3) is 0.421. The maximum Gasteiger partial charge on any atom is 0.422 e. The smallest absolute Gasteiger partial charge is 0.422 e. The van der Waals surface area contributed by atoms with Gasteiger partial charge in [-0.1, -0.05) is 12.1 Å². The van der Waals surface area contributed by atoms with Crippen molar-refractivity contribution in [3.05, 3.63) is 53.6 Å². The number of nitrogens with two attached hydrogens (primary N) is 1. The highest BCUT2D eigenvalue weighted by atomic mass is 19.4. The minimum atomic E-state index is -4.37. The Morgan fingerprint density at radius 2 is 1.71 bits per heavy atom. The molecule has 0 aliphatic carbocycles. The summed E-state index contributed by atoms with van der Waals surface area (Å²) in [6.07, 6.45) is -1.48. The Labute approximate surface area is 162 Å². The minimum absolute atomic E-state index is 0. The molecule has 0 aliphatic heterocycles. The van der Waals surface area contributed by atoms with Gasteiger partial charge in [0.25, 0.3) is 5.91 Å². The normalized spacial score (nSPS) is 11.3. The number of carbonyl (C=O) groups excluding carboxylic acids is 1. The number of benzene rings is 1. The van der Waals surface area contributed by atoms with E-state index in [9.17, 15) is 18.0 Å². The lowest BCUT2D eigenvalue weighted by atomic mass is 10.1. The van der Waals surface area contributed by atoms with Crippen molar-refractivity contribution in [2.24, 2.45) is 5.73 Å².